The second-order valence-electron chi connectivity index (χ2n) is 7.71. The molecule has 1 amide bonds. The molecule has 5 nitrogen and oxygen atoms in total. The number of carbonyl (C=O) groups is 1. The lowest BCUT2D eigenvalue weighted by molar-refractivity contribution is 0.102. The fourth-order valence-corrected chi connectivity index (χ4v) is 5.33. The SMILES string of the molecule is Cc1ccc(F)cc1NC(=O)c1ccc(S(=O)(=O)N2C[C@H](C)C[C@@H](C)C2)cc1. The molecule has 3 rings (SSSR count). The Bertz CT molecular complexity index is 964. The van der Waals surface area contributed by atoms with Crippen LogP contribution < -0.4 is 5.32 Å². The lowest BCUT2D eigenvalue weighted by atomic mass is 9.94. The van der Waals surface area contributed by atoms with Crippen molar-refractivity contribution in [3.8, 4) is 0 Å². The Kier molecular flexibility index (Phi) is 5.86. The Morgan fingerprint density at radius 2 is 1.68 bits per heavy atom. The summed E-state index contributed by atoms with van der Waals surface area (Å²) in [4.78, 5) is 12.6. The van der Waals surface area contributed by atoms with Crippen LogP contribution in [0.4, 0.5) is 10.1 Å². The maximum atomic E-state index is 13.4. The number of rotatable bonds is 4. The van der Waals surface area contributed by atoms with E-state index in [0.29, 0.717) is 36.2 Å². The van der Waals surface area contributed by atoms with Gasteiger partial charge in [-0.1, -0.05) is 19.9 Å². The van der Waals surface area contributed by atoms with E-state index < -0.39 is 21.7 Å². The minimum absolute atomic E-state index is 0.173. The number of nitrogens with one attached hydrogen (secondary N) is 1. The topological polar surface area (TPSA) is 66.5 Å². The summed E-state index contributed by atoms with van der Waals surface area (Å²) >= 11 is 0. The van der Waals surface area contributed by atoms with Crippen molar-refractivity contribution < 1.29 is 17.6 Å². The van der Waals surface area contributed by atoms with Gasteiger partial charge in [0.1, 0.15) is 5.82 Å². The van der Waals surface area contributed by atoms with Crippen LogP contribution in [0.15, 0.2) is 47.4 Å². The molecule has 0 aromatic heterocycles. The number of hydrogen-bond donors (Lipinski definition) is 1. The van der Waals surface area contributed by atoms with Gasteiger partial charge < -0.3 is 5.32 Å². The Labute approximate surface area is 165 Å². The molecule has 0 unspecified atom stereocenters. The predicted octanol–water partition coefficient (Wildman–Crippen LogP) is 4.05. The maximum Gasteiger partial charge on any atom is 0.255 e. The van der Waals surface area contributed by atoms with E-state index >= 15 is 0 Å². The van der Waals surface area contributed by atoms with Crippen LogP contribution in [-0.4, -0.2) is 31.7 Å². The van der Waals surface area contributed by atoms with Crippen molar-refractivity contribution in [1.82, 2.24) is 4.31 Å². The molecule has 0 saturated carbocycles. The summed E-state index contributed by atoms with van der Waals surface area (Å²) < 4.78 is 40.8. The molecule has 2 aromatic carbocycles. The van der Waals surface area contributed by atoms with Crippen LogP contribution in [0.1, 0.15) is 36.2 Å². The molecule has 2 aromatic rings. The fraction of sp³-hybridized carbons (Fsp3) is 0.381. The van der Waals surface area contributed by atoms with Crippen molar-refractivity contribution in [1.29, 1.82) is 0 Å². The summed E-state index contributed by atoms with van der Waals surface area (Å²) in [5, 5.41) is 2.66. The first-order valence-electron chi connectivity index (χ1n) is 9.34. The Hall–Kier alpha value is -2.25. The number of sulfonamides is 1. The number of hydrogen-bond acceptors (Lipinski definition) is 3. The monoisotopic (exact) mass is 404 g/mol. The largest absolute Gasteiger partial charge is 0.322 e. The van der Waals surface area contributed by atoms with Crippen molar-refractivity contribution in [3.63, 3.8) is 0 Å². The number of anilines is 1. The fourth-order valence-electron chi connectivity index (χ4n) is 3.65. The molecule has 1 saturated heterocycles. The van der Waals surface area contributed by atoms with E-state index in [2.05, 4.69) is 19.2 Å². The lowest BCUT2D eigenvalue weighted by Gasteiger charge is -2.34. The number of benzene rings is 2. The van der Waals surface area contributed by atoms with Crippen molar-refractivity contribution in [3.05, 3.63) is 59.4 Å². The standard InChI is InChI=1S/C21H25FN2O3S/c1-14-10-15(2)13-24(12-14)28(26,27)19-8-5-17(6-9-19)21(25)23-20-11-18(22)7-4-16(20)3/h4-9,11,14-15H,10,12-13H2,1-3H3,(H,23,25)/t14-,15-/m1/s1. The number of halogens is 1. The summed E-state index contributed by atoms with van der Waals surface area (Å²) in [5.74, 6) is -0.221. The van der Waals surface area contributed by atoms with Crippen LogP contribution in [0.3, 0.4) is 0 Å². The van der Waals surface area contributed by atoms with Gasteiger partial charge >= 0.3 is 0 Å². The molecule has 1 aliphatic rings. The van der Waals surface area contributed by atoms with E-state index in [-0.39, 0.29) is 4.90 Å². The van der Waals surface area contributed by atoms with Crippen LogP contribution in [0.25, 0.3) is 0 Å². The van der Waals surface area contributed by atoms with Crippen molar-refractivity contribution in [2.45, 2.75) is 32.1 Å². The molecule has 0 bridgehead atoms. The van der Waals surface area contributed by atoms with Gasteiger partial charge in [0.05, 0.1) is 4.90 Å². The third-order valence-electron chi connectivity index (χ3n) is 5.04. The van der Waals surface area contributed by atoms with E-state index in [9.17, 15) is 17.6 Å². The van der Waals surface area contributed by atoms with Gasteiger partial charge in [-0.25, -0.2) is 12.8 Å². The minimum Gasteiger partial charge on any atom is -0.322 e. The number of aryl methyl sites for hydroxylation is 1. The highest BCUT2D eigenvalue weighted by Crippen LogP contribution is 2.27. The second kappa shape index (κ2) is 8.01. The van der Waals surface area contributed by atoms with Crippen LogP contribution in [0.2, 0.25) is 0 Å². The zero-order chi connectivity index (χ0) is 20.5. The summed E-state index contributed by atoms with van der Waals surface area (Å²) in [6.45, 7) is 6.90. The molecule has 0 aliphatic carbocycles. The van der Waals surface area contributed by atoms with E-state index in [1.54, 1.807) is 13.0 Å². The molecule has 1 heterocycles. The highest BCUT2D eigenvalue weighted by Gasteiger charge is 2.31. The summed E-state index contributed by atoms with van der Waals surface area (Å²) in [6, 6.07) is 10.0. The molecule has 1 aliphatic heterocycles. The van der Waals surface area contributed by atoms with E-state index in [0.717, 1.165) is 12.0 Å². The first kappa shape index (κ1) is 20.5. The quantitative estimate of drug-likeness (QED) is 0.836. The molecule has 0 spiro atoms. The van der Waals surface area contributed by atoms with Crippen LogP contribution >= 0.6 is 0 Å². The predicted molar refractivity (Wildman–Crippen MR) is 107 cm³/mol. The lowest BCUT2D eigenvalue weighted by Crippen LogP contribution is -2.42. The van der Waals surface area contributed by atoms with Gasteiger partial charge in [-0.05, 0) is 67.1 Å². The molecular weight excluding hydrogens is 379 g/mol. The molecule has 7 heteroatoms. The highest BCUT2D eigenvalue weighted by molar-refractivity contribution is 7.89. The van der Waals surface area contributed by atoms with Crippen LogP contribution in [-0.2, 0) is 10.0 Å². The zero-order valence-corrected chi connectivity index (χ0v) is 17.1. The molecule has 150 valence electrons. The van der Waals surface area contributed by atoms with Gasteiger partial charge in [-0.15, -0.1) is 0 Å². The Balaban J connectivity index is 1.77. The summed E-state index contributed by atoms with van der Waals surface area (Å²) in [6.07, 6.45) is 1.02. The first-order chi connectivity index (χ1) is 13.2. The summed E-state index contributed by atoms with van der Waals surface area (Å²) in [5.41, 5.74) is 1.43. The van der Waals surface area contributed by atoms with Gasteiger partial charge in [-0.3, -0.25) is 4.79 Å². The number of piperidine rings is 1. The smallest absolute Gasteiger partial charge is 0.255 e. The molecule has 1 fully saturated rings. The second-order valence-corrected chi connectivity index (χ2v) is 9.64. The highest BCUT2D eigenvalue weighted by atomic mass is 32.2. The van der Waals surface area contributed by atoms with Gasteiger partial charge in [0, 0.05) is 24.3 Å². The van der Waals surface area contributed by atoms with E-state index in [1.165, 1.54) is 40.7 Å². The Morgan fingerprint density at radius 1 is 1.07 bits per heavy atom. The van der Waals surface area contributed by atoms with Gasteiger partial charge in [0.2, 0.25) is 10.0 Å². The van der Waals surface area contributed by atoms with Gasteiger partial charge in [-0.2, -0.15) is 4.31 Å². The number of nitrogens with zero attached hydrogens (tertiary/aromatic N) is 1. The zero-order valence-electron chi connectivity index (χ0n) is 16.3. The molecular formula is C21H25FN2O3S. The Morgan fingerprint density at radius 3 is 2.29 bits per heavy atom. The third-order valence-corrected chi connectivity index (χ3v) is 6.88. The minimum atomic E-state index is -3.59. The molecule has 0 radical (unpaired) electrons. The maximum absolute atomic E-state index is 13.4. The van der Waals surface area contributed by atoms with Gasteiger partial charge in [0.25, 0.3) is 5.91 Å². The average molecular weight is 405 g/mol. The van der Waals surface area contributed by atoms with Crippen molar-refractivity contribution in [2.75, 3.05) is 18.4 Å². The van der Waals surface area contributed by atoms with E-state index in [4.69, 9.17) is 0 Å². The summed E-state index contributed by atoms with van der Waals surface area (Å²) in [7, 11) is -3.59. The number of amides is 1. The average Bonchev–Trinajstić information content (AvgIpc) is 2.64. The number of carbonyl (C=O) groups excluding carboxylic acids is 1. The van der Waals surface area contributed by atoms with Crippen molar-refractivity contribution >= 4 is 21.6 Å². The van der Waals surface area contributed by atoms with E-state index in [1.807, 2.05) is 0 Å². The third kappa shape index (κ3) is 4.42. The molecule has 28 heavy (non-hydrogen) atoms. The molecule has 1 N–H and O–H groups in total. The molecule has 2 atom stereocenters. The van der Waals surface area contributed by atoms with Crippen LogP contribution in [0.5, 0.6) is 0 Å². The first-order valence-corrected chi connectivity index (χ1v) is 10.8. The normalized spacial score (nSPS) is 20.7. The van der Waals surface area contributed by atoms with Crippen LogP contribution in [0, 0.1) is 24.6 Å². The van der Waals surface area contributed by atoms with Gasteiger partial charge in [0.15, 0.2) is 0 Å². The van der Waals surface area contributed by atoms with Crippen molar-refractivity contribution in [2.24, 2.45) is 11.8 Å².